The summed E-state index contributed by atoms with van der Waals surface area (Å²) < 4.78 is 0.494. The first kappa shape index (κ1) is 11.0. The van der Waals surface area contributed by atoms with Gasteiger partial charge in [-0.15, -0.1) is 0 Å². The first-order valence-corrected chi connectivity index (χ1v) is 5.71. The molecule has 0 aromatic rings. The topological polar surface area (TPSA) is 69.1 Å². The molecule has 4 nitrogen and oxygen atoms in total. The first-order valence-electron chi connectivity index (χ1n) is 5.71. The summed E-state index contributed by atoms with van der Waals surface area (Å²) in [5.74, 6) is 0.314. The molecule has 3 unspecified atom stereocenters. The van der Waals surface area contributed by atoms with E-state index in [4.69, 9.17) is 11.5 Å². The zero-order valence-electron chi connectivity index (χ0n) is 9.92. The lowest BCUT2D eigenvalue weighted by atomic mass is 9.97. The number of carbonyl (C=O) groups excluding carboxylic acids is 1. The van der Waals surface area contributed by atoms with Crippen LogP contribution in [0.2, 0.25) is 0 Å². The predicted molar refractivity (Wildman–Crippen MR) is 58.6 cm³/mol. The summed E-state index contributed by atoms with van der Waals surface area (Å²) in [6.45, 7) is 6.90. The fraction of sp³-hybridized carbons (Fsp3) is 0.909. The van der Waals surface area contributed by atoms with Crippen LogP contribution in [0.5, 0.6) is 0 Å². The van der Waals surface area contributed by atoms with Gasteiger partial charge in [0.25, 0.3) is 0 Å². The van der Waals surface area contributed by atoms with Gasteiger partial charge in [-0.25, -0.2) is 9.28 Å². The van der Waals surface area contributed by atoms with E-state index in [2.05, 4.69) is 0 Å². The van der Waals surface area contributed by atoms with E-state index in [9.17, 15) is 4.79 Å². The molecular weight excluding hydrogens is 190 g/mol. The molecule has 4 heteroatoms. The van der Waals surface area contributed by atoms with E-state index >= 15 is 0 Å². The number of hydrogen-bond donors (Lipinski definition) is 2. The maximum absolute atomic E-state index is 11.9. The number of carbonyl (C=O) groups is 1. The predicted octanol–water partition coefficient (Wildman–Crippen LogP) is 0.308. The van der Waals surface area contributed by atoms with Crippen LogP contribution in [0.15, 0.2) is 0 Å². The maximum Gasteiger partial charge on any atom is 0.316 e. The third-order valence-corrected chi connectivity index (χ3v) is 4.06. The number of nitrogens with two attached hydrogens (primary N) is 2. The summed E-state index contributed by atoms with van der Waals surface area (Å²) in [5, 5.41) is 0. The van der Waals surface area contributed by atoms with Gasteiger partial charge in [0, 0.05) is 25.3 Å². The summed E-state index contributed by atoms with van der Waals surface area (Å²) in [4.78, 5) is 11.9. The first-order chi connectivity index (χ1) is 6.72. The molecule has 0 aromatic carbocycles. The van der Waals surface area contributed by atoms with Crippen molar-refractivity contribution in [3.63, 3.8) is 0 Å². The summed E-state index contributed by atoms with van der Waals surface area (Å²) in [6.07, 6.45) is 2.49. The van der Waals surface area contributed by atoms with Crippen LogP contribution in [0.4, 0.5) is 0 Å². The zero-order valence-corrected chi connectivity index (χ0v) is 9.92. The Kier molecular flexibility index (Phi) is 2.07. The Balaban J connectivity index is 2.19. The summed E-state index contributed by atoms with van der Waals surface area (Å²) >= 11 is 0. The number of quaternary nitrogens is 1. The molecule has 2 aliphatic heterocycles. The lowest BCUT2D eigenvalue weighted by molar-refractivity contribution is -0.753. The quantitative estimate of drug-likeness (QED) is 0.511. The molecule has 0 aromatic heterocycles. The van der Waals surface area contributed by atoms with Gasteiger partial charge in [-0.2, -0.15) is 0 Å². The average molecular weight is 212 g/mol. The van der Waals surface area contributed by atoms with Crippen molar-refractivity contribution >= 4 is 5.91 Å². The molecule has 2 rings (SSSR count). The van der Waals surface area contributed by atoms with Crippen LogP contribution in [0, 0.1) is 0 Å². The molecule has 2 fully saturated rings. The third kappa shape index (κ3) is 1.35. The third-order valence-electron chi connectivity index (χ3n) is 4.06. The van der Waals surface area contributed by atoms with E-state index in [0.29, 0.717) is 16.8 Å². The van der Waals surface area contributed by atoms with Gasteiger partial charge in [-0.3, -0.25) is 5.73 Å². The number of amides is 1. The Morgan fingerprint density at radius 1 is 1.60 bits per heavy atom. The van der Waals surface area contributed by atoms with Crippen LogP contribution in [0.3, 0.4) is 0 Å². The molecular formula is C11H22N3O+. The van der Waals surface area contributed by atoms with Crippen molar-refractivity contribution in [3.05, 3.63) is 0 Å². The minimum absolute atomic E-state index is 0.229. The zero-order chi connectivity index (χ0) is 11.5. The van der Waals surface area contributed by atoms with Gasteiger partial charge < -0.3 is 5.73 Å². The SMILES string of the molecule is CC(C)(N)CC1C(C)(N)[N+]12CCCC2=O. The Hall–Kier alpha value is -0.450. The molecule has 2 heterocycles. The molecule has 4 N–H and O–H groups in total. The minimum atomic E-state index is -0.371. The van der Waals surface area contributed by atoms with E-state index in [-0.39, 0.29) is 17.2 Å². The fourth-order valence-corrected chi connectivity index (χ4v) is 3.23. The summed E-state index contributed by atoms with van der Waals surface area (Å²) in [7, 11) is 0. The second-order valence-corrected chi connectivity index (χ2v) is 6.02. The largest absolute Gasteiger partial charge is 0.325 e. The molecule has 0 saturated carbocycles. The molecule has 15 heavy (non-hydrogen) atoms. The minimum Gasteiger partial charge on any atom is -0.325 e. The van der Waals surface area contributed by atoms with E-state index in [1.165, 1.54) is 0 Å². The smallest absolute Gasteiger partial charge is 0.316 e. The van der Waals surface area contributed by atoms with E-state index in [1.807, 2.05) is 20.8 Å². The van der Waals surface area contributed by atoms with Gasteiger partial charge in [0.2, 0.25) is 5.66 Å². The van der Waals surface area contributed by atoms with Crippen molar-refractivity contribution < 1.29 is 9.28 Å². The van der Waals surface area contributed by atoms with Gasteiger partial charge in [0.05, 0.1) is 13.0 Å². The van der Waals surface area contributed by atoms with Crippen molar-refractivity contribution in [2.45, 2.75) is 57.3 Å². The summed E-state index contributed by atoms with van der Waals surface area (Å²) in [5.41, 5.74) is 11.6. The Bertz CT molecular complexity index is 305. The lowest BCUT2D eigenvalue weighted by Gasteiger charge is -2.18. The van der Waals surface area contributed by atoms with E-state index in [1.54, 1.807) is 0 Å². The lowest BCUT2D eigenvalue weighted by Crippen LogP contribution is -2.41. The van der Waals surface area contributed by atoms with Crippen molar-refractivity contribution in [2.75, 3.05) is 6.54 Å². The Morgan fingerprint density at radius 2 is 2.20 bits per heavy atom. The monoisotopic (exact) mass is 212 g/mol. The van der Waals surface area contributed by atoms with Crippen LogP contribution in [-0.4, -0.2) is 34.2 Å². The van der Waals surface area contributed by atoms with E-state index < -0.39 is 0 Å². The van der Waals surface area contributed by atoms with Crippen LogP contribution >= 0.6 is 0 Å². The highest BCUT2D eigenvalue weighted by atomic mass is 16.2. The number of nitrogens with zero attached hydrogens (tertiary/aromatic N) is 1. The second kappa shape index (κ2) is 2.81. The van der Waals surface area contributed by atoms with Crippen molar-refractivity contribution in [1.82, 2.24) is 0 Å². The molecule has 0 radical (unpaired) electrons. The Morgan fingerprint density at radius 3 is 2.60 bits per heavy atom. The second-order valence-electron chi connectivity index (χ2n) is 6.02. The molecule has 0 aliphatic carbocycles. The van der Waals surface area contributed by atoms with Crippen LogP contribution in [0.1, 0.15) is 40.0 Å². The van der Waals surface area contributed by atoms with Gasteiger partial charge in [0.1, 0.15) is 0 Å². The molecule has 0 bridgehead atoms. The van der Waals surface area contributed by atoms with E-state index in [0.717, 1.165) is 19.4 Å². The highest BCUT2D eigenvalue weighted by molar-refractivity contribution is 5.73. The van der Waals surface area contributed by atoms with Gasteiger partial charge in [0.15, 0.2) is 6.04 Å². The number of rotatable bonds is 2. The van der Waals surface area contributed by atoms with Crippen molar-refractivity contribution in [3.8, 4) is 0 Å². The highest BCUT2D eigenvalue weighted by Gasteiger charge is 2.79. The van der Waals surface area contributed by atoms with Crippen LogP contribution in [0.25, 0.3) is 0 Å². The summed E-state index contributed by atoms with van der Waals surface area (Å²) in [6, 6.07) is 0.229. The van der Waals surface area contributed by atoms with Crippen molar-refractivity contribution in [1.29, 1.82) is 0 Å². The number of hydrogen-bond acceptors (Lipinski definition) is 3. The standard InChI is InChI=1S/C11H22N3O/c1-10(2,12)7-8-11(3,13)14(8)6-4-5-9(14)15/h8H,4-7,12-13H2,1-3H3/q+1. The Labute approximate surface area is 91.2 Å². The van der Waals surface area contributed by atoms with Crippen molar-refractivity contribution in [2.24, 2.45) is 11.5 Å². The van der Waals surface area contributed by atoms with Crippen LogP contribution < -0.4 is 11.5 Å². The van der Waals surface area contributed by atoms with Crippen LogP contribution in [-0.2, 0) is 4.79 Å². The molecule has 86 valence electrons. The van der Waals surface area contributed by atoms with Gasteiger partial charge in [-0.05, 0) is 13.8 Å². The average Bonchev–Trinajstić information content (AvgIpc) is 2.44. The molecule has 3 atom stereocenters. The normalized spacial score (nSPS) is 45.1. The van der Waals surface area contributed by atoms with Gasteiger partial charge in [-0.1, -0.05) is 0 Å². The molecule has 2 saturated heterocycles. The fourth-order valence-electron chi connectivity index (χ4n) is 3.23. The molecule has 1 amide bonds. The highest BCUT2D eigenvalue weighted by Crippen LogP contribution is 2.53. The molecule has 2 aliphatic rings. The van der Waals surface area contributed by atoms with Gasteiger partial charge >= 0.3 is 5.91 Å². The maximum atomic E-state index is 11.9. The molecule has 1 spiro atoms.